The number of carbonyl (C=O) groups excluding carboxylic acids is 1. The molecule has 0 N–H and O–H groups in total. The van der Waals surface area contributed by atoms with Crippen LogP contribution in [0.15, 0.2) is 12.7 Å². The highest BCUT2D eigenvalue weighted by Gasteiger charge is 2.28. The highest BCUT2D eigenvalue weighted by molar-refractivity contribution is 7.40. The Labute approximate surface area is 58.7 Å². The number of carbonyl (C=O) groups is 1. The van der Waals surface area contributed by atoms with Crippen molar-refractivity contribution in [1.82, 2.24) is 0 Å². The van der Waals surface area contributed by atoms with E-state index < -0.39 is 20.3 Å². The maximum Gasteiger partial charge on any atom is 0.332 e. The van der Waals surface area contributed by atoms with Crippen molar-refractivity contribution in [3.63, 3.8) is 0 Å². The van der Waals surface area contributed by atoms with Gasteiger partial charge in [0.15, 0.2) is 0 Å². The monoisotopic (exact) mass is 162 g/mol. The molecular weight excluding hydrogens is 155 g/mol. The minimum atomic E-state index is -1.86. The Kier molecular flexibility index (Phi) is 2.25. The molecule has 0 amide bonds. The molecule has 10 heavy (non-hydrogen) atoms. The van der Waals surface area contributed by atoms with E-state index in [2.05, 4.69) is 15.8 Å². The smallest absolute Gasteiger partial charge is 0.332 e. The molecule has 2 unspecified atom stereocenters. The molecule has 0 radical (unpaired) electrons. The molecule has 0 bridgehead atoms. The highest BCUT2D eigenvalue weighted by atomic mass is 31.1. The van der Waals surface area contributed by atoms with Crippen LogP contribution in [0, 0.1) is 0 Å². The molecule has 0 aromatic carbocycles. The summed E-state index contributed by atoms with van der Waals surface area (Å²) >= 11 is 0. The number of rotatable bonds is 2. The fourth-order valence-electron chi connectivity index (χ4n) is 0.516. The topological polar surface area (TPSA) is 52.6 Å². The largest absolute Gasteiger partial charge is 0.432 e. The lowest BCUT2D eigenvalue weighted by atomic mass is 10.6. The number of hydrogen-bond acceptors (Lipinski definition) is 4. The molecule has 1 fully saturated rings. The first-order valence-corrected chi connectivity index (χ1v) is 4.27. The van der Waals surface area contributed by atoms with E-state index in [1.54, 1.807) is 0 Å². The first kappa shape index (κ1) is 7.51. The van der Waals surface area contributed by atoms with Gasteiger partial charge in [0.1, 0.15) is 0 Å². The Bertz CT molecular complexity index is 180. The molecule has 5 heteroatoms. The summed E-state index contributed by atoms with van der Waals surface area (Å²) in [6.07, 6.45) is 0.778. The summed E-state index contributed by atoms with van der Waals surface area (Å²) in [5, 5.41) is 0. The van der Waals surface area contributed by atoms with Crippen LogP contribution in [0.2, 0.25) is 0 Å². The minimum Gasteiger partial charge on any atom is -0.432 e. The maximum atomic E-state index is 10.4. The molecule has 0 aromatic rings. The molecular formula is C5H7O4P. The number of ether oxygens (including phenoxy) is 1. The molecule has 0 spiro atoms. The Morgan fingerprint density at radius 3 is 2.90 bits per heavy atom. The summed E-state index contributed by atoms with van der Waals surface area (Å²) in [6, 6.07) is 0. The van der Waals surface area contributed by atoms with Crippen LogP contribution in [-0.2, 0) is 18.6 Å². The maximum absolute atomic E-state index is 10.4. The van der Waals surface area contributed by atoms with Crippen LogP contribution in [-0.4, -0.2) is 18.4 Å². The summed E-state index contributed by atoms with van der Waals surface area (Å²) in [5.74, 6) is -0.542. The van der Waals surface area contributed by atoms with Gasteiger partial charge in [-0.2, -0.15) is 0 Å². The average molecular weight is 162 g/mol. The van der Waals surface area contributed by atoms with Crippen molar-refractivity contribution >= 4 is 14.0 Å². The van der Waals surface area contributed by atoms with Gasteiger partial charge in [-0.1, -0.05) is 6.58 Å². The van der Waals surface area contributed by atoms with Crippen LogP contribution in [0.5, 0.6) is 0 Å². The molecule has 0 saturated carbocycles. The summed E-state index contributed by atoms with van der Waals surface area (Å²) in [7, 11) is -1.86. The Hall–Kier alpha value is -0.600. The van der Waals surface area contributed by atoms with E-state index in [9.17, 15) is 9.36 Å². The Morgan fingerprint density at radius 2 is 2.50 bits per heavy atom. The van der Waals surface area contributed by atoms with Gasteiger partial charge in [-0.15, -0.1) is 0 Å². The fourth-order valence-corrected chi connectivity index (χ4v) is 1.19. The van der Waals surface area contributed by atoms with Gasteiger partial charge < -0.3 is 4.74 Å². The molecule has 56 valence electrons. The van der Waals surface area contributed by atoms with E-state index in [0.717, 1.165) is 6.08 Å². The first-order valence-electron chi connectivity index (χ1n) is 2.75. The molecule has 1 rings (SSSR count). The molecule has 1 heterocycles. The van der Waals surface area contributed by atoms with Gasteiger partial charge in [0.25, 0.3) is 0 Å². The molecule has 0 aliphatic carbocycles. The van der Waals surface area contributed by atoms with Gasteiger partial charge in [0.2, 0.25) is 14.3 Å². The summed E-state index contributed by atoms with van der Waals surface area (Å²) in [6.45, 7) is 3.19. The zero-order chi connectivity index (χ0) is 7.56. The second-order valence-corrected chi connectivity index (χ2v) is 3.15. The van der Waals surface area contributed by atoms with E-state index in [1.807, 2.05) is 0 Å². The van der Waals surface area contributed by atoms with E-state index in [4.69, 9.17) is 0 Å². The summed E-state index contributed by atoms with van der Waals surface area (Å²) in [5.41, 5.74) is 0. The molecule has 0 aromatic heterocycles. The van der Waals surface area contributed by atoms with Crippen LogP contribution in [0.4, 0.5) is 0 Å². The lowest BCUT2D eigenvalue weighted by molar-refractivity contribution is -0.158. The molecule has 1 saturated heterocycles. The van der Waals surface area contributed by atoms with Crippen LogP contribution in [0.25, 0.3) is 0 Å². The average Bonchev–Trinajstić information content (AvgIpc) is 1.84. The third kappa shape index (κ3) is 1.69. The van der Waals surface area contributed by atoms with Crippen molar-refractivity contribution in [1.29, 1.82) is 0 Å². The third-order valence-corrected chi connectivity index (χ3v) is 2.20. The van der Waals surface area contributed by atoms with Crippen LogP contribution >= 0.6 is 8.03 Å². The van der Waals surface area contributed by atoms with Crippen molar-refractivity contribution in [2.24, 2.45) is 0 Å². The van der Waals surface area contributed by atoms with Crippen molar-refractivity contribution in [3.05, 3.63) is 12.7 Å². The summed E-state index contributed by atoms with van der Waals surface area (Å²) in [4.78, 5) is 10.4. The van der Waals surface area contributed by atoms with Crippen LogP contribution in [0.3, 0.4) is 0 Å². The standard InChI is InChI=1S/C5H7O4P/c1-2-4(6)8-5-3-10(7)9-5/h2,5,10H,1,3H2. The highest BCUT2D eigenvalue weighted by Crippen LogP contribution is 2.37. The van der Waals surface area contributed by atoms with Crippen molar-refractivity contribution in [2.45, 2.75) is 6.29 Å². The van der Waals surface area contributed by atoms with E-state index >= 15 is 0 Å². The number of hydrogen-bond donors (Lipinski definition) is 0. The first-order chi connectivity index (χ1) is 4.72. The van der Waals surface area contributed by atoms with Gasteiger partial charge in [0, 0.05) is 6.08 Å². The van der Waals surface area contributed by atoms with E-state index in [-0.39, 0.29) is 0 Å². The van der Waals surface area contributed by atoms with E-state index in [0.29, 0.717) is 6.16 Å². The van der Waals surface area contributed by atoms with Crippen LogP contribution < -0.4 is 0 Å². The van der Waals surface area contributed by atoms with Gasteiger partial charge in [-0.05, 0) is 0 Å². The second kappa shape index (κ2) is 2.99. The zero-order valence-electron chi connectivity index (χ0n) is 5.20. The SMILES string of the molecule is C=CC(=O)OC1C[PH](=O)O1. The quantitative estimate of drug-likeness (QED) is 0.338. The Morgan fingerprint density at radius 1 is 1.90 bits per heavy atom. The van der Waals surface area contributed by atoms with Crippen LogP contribution in [0.1, 0.15) is 0 Å². The fraction of sp³-hybridized carbons (Fsp3) is 0.400. The van der Waals surface area contributed by atoms with E-state index in [1.165, 1.54) is 0 Å². The van der Waals surface area contributed by atoms with Crippen molar-refractivity contribution in [3.8, 4) is 0 Å². The Balaban J connectivity index is 2.22. The van der Waals surface area contributed by atoms with Gasteiger partial charge in [-0.25, -0.2) is 4.79 Å². The molecule has 1 aliphatic rings. The van der Waals surface area contributed by atoms with Crippen molar-refractivity contribution < 1.29 is 18.6 Å². The predicted octanol–water partition coefficient (Wildman–Crippen LogP) is 0.547. The normalized spacial score (nSPS) is 30.4. The third-order valence-electron chi connectivity index (χ3n) is 1.01. The molecule has 4 nitrogen and oxygen atoms in total. The van der Waals surface area contributed by atoms with Gasteiger partial charge in [0.05, 0.1) is 6.16 Å². The molecule has 2 atom stereocenters. The van der Waals surface area contributed by atoms with Crippen molar-refractivity contribution in [2.75, 3.05) is 6.16 Å². The molecule has 1 aliphatic heterocycles. The lowest BCUT2D eigenvalue weighted by Gasteiger charge is -2.24. The minimum absolute atomic E-state index is 0.338. The predicted molar refractivity (Wildman–Crippen MR) is 35.0 cm³/mol. The zero-order valence-corrected chi connectivity index (χ0v) is 6.20. The lowest BCUT2D eigenvalue weighted by Crippen LogP contribution is -2.27. The number of esters is 1. The van der Waals surface area contributed by atoms with Gasteiger partial charge in [-0.3, -0.25) is 9.09 Å². The van der Waals surface area contributed by atoms with Gasteiger partial charge >= 0.3 is 5.97 Å². The summed E-state index contributed by atoms with van der Waals surface area (Å²) < 4.78 is 19.4. The second-order valence-electron chi connectivity index (χ2n) is 1.76.